The molecule has 0 radical (unpaired) electrons. The maximum Gasteiger partial charge on any atom is 0.119 e. The number of alkyl halides is 1. The Kier molecular flexibility index (Phi) is 7.13. The Morgan fingerprint density at radius 3 is 2.74 bits per heavy atom. The third-order valence-corrected chi connectivity index (χ3v) is 3.29. The number of nitrogens with one attached hydrogen (secondary N) is 1. The monoisotopic (exact) mass is 288 g/mol. The number of rotatable bonds is 5. The summed E-state index contributed by atoms with van der Waals surface area (Å²) in [4.78, 5) is 2.20. The molecule has 1 aromatic rings. The summed E-state index contributed by atoms with van der Waals surface area (Å²) in [7, 11) is 0. The van der Waals surface area contributed by atoms with Gasteiger partial charge in [0, 0.05) is 26.2 Å². The Balaban J connectivity index is 0.00000180. The van der Waals surface area contributed by atoms with E-state index in [4.69, 9.17) is 4.74 Å². The van der Waals surface area contributed by atoms with Crippen molar-refractivity contribution < 1.29 is 9.13 Å². The van der Waals surface area contributed by atoms with Crippen molar-refractivity contribution in [3.05, 3.63) is 29.8 Å². The largest absolute Gasteiger partial charge is 0.494 e. The van der Waals surface area contributed by atoms with E-state index >= 15 is 0 Å². The number of nitrogens with zero attached hydrogens (tertiary/aromatic N) is 1. The molecule has 1 fully saturated rings. The standard InChI is InChI=1S/C14H21FN2O.ClH/c1-2-18-13-5-3-4-12(10-13)14(11-15)17-8-6-16-7-9-17;/h3-5,10,14,16H,2,6-9,11H2,1H3;1H/t14-;/m1./s1. The molecule has 0 aliphatic carbocycles. The van der Waals surface area contributed by atoms with E-state index in [2.05, 4.69) is 10.2 Å². The van der Waals surface area contributed by atoms with Crippen molar-refractivity contribution in [2.75, 3.05) is 39.5 Å². The average Bonchev–Trinajstić information content (AvgIpc) is 2.42. The van der Waals surface area contributed by atoms with Gasteiger partial charge in [-0.15, -0.1) is 12.4 Å². The second kappa shape index (κ2) is 8.35. The maximum absolute atomic E-state index is 13.3. The highest BCUT2D eigenvalue weighted by molar-refractivity contribution is 5.85. The van der Waals surface area contributed by atoms with Crippen molar-refractivity contribution in [3.8, 4) is 5.75 Å². The van der Waals surface area contributed by atoms with Gasteiger partial charge in [-0.3, -0.25) is 4.90 Å². The topological polar surface area (TPSA) is 24.5 Å². The Morgan fingerprint density at radius 1 is 1.37 bits per heavy atom. The van der Waals surface area contributed by atoms with Crippen LogP contribution in [-0.4, -0.2) is 44.4 Å². The fourth-order valence-electron chi connectivity index (χ4n) is 2.37. The van der Waals surface area contributed by atoms with Crippen LogP contribution in [0.5, 0.6) is 5.75 Å². The molecule has 1 aliphatic rings. The van der Waals surface area contributed by atoms with Crippen molar-refractivity contribution in [2.45, 2.75) is 13.0 Å². The van der Waals surface area contributed by atoms with Gasteiger partial charge in [0.1, 0.15) is 12.4 Å². The normalized spacial score (nSPS) is 17.6. The lowest BCUT2D eigenvalue weighted by molar-refractivity contribution is 0.147. The van der Waals surface area contributed by atoms with Crippen LogP contribution in [0.25, 0.3) is 0 Å². The van der Waals surface area contributed by atoms with Crippen LogP contribution in [0, 0.1) is 0 Å². The second-order valence-corrected chi connectivity index (χ2v) is 4.46. The maximum atomic E-state index is 13.3. The minimum atomic E-state index is -0.352. The number of ether oxygens (including phenoxy) is 1. The fraction of sp³-hybridized carbons (Fsp3) is 0.571. The fourth-order valence-corrected chi connectivity index (χ4v) is 2.37. The Labute approximate surface area is 120 Å². The zero-order valence-electron chi connectivity index (χ0n) is 11.3. The molecule has 1 saturated heterocycles. The lowest BCUT2D eigenvalue weighted by Crippen LogP contribution is -2.45. The molecule has 108 valence electrons. The molecule has 1 atom stereocenters. The van der Waals surface area contributed by atoms with Crippen molar-refractivity contribution in [1.29, 1.82) is 0 Å². The van der Waals surface area contributed by atoms with Crippen LogP contribution < -0.4 is 10.1 Å². The van der Waals surface area contributed by atoms with E-state index in [1.807, 2.05) is 31.2 Å². The minimum absolute atomic E-state index is 0. The Hall–Kier alpha value is -0.840. The highest BCUT2D eigenvalue weighted by atomic mass is 35.5. The molecule has 0 amide bonds. The van der Waals surface area contributed by atoms with Gasteiger partial charge in [0.15, 0.2) is 0 Å². The summed E-state index contributed by atoms with van der Waals surface area (Å²) in [6, 6.07) is 7.64. The van der Waals surface area contributed by atoms with Gasteiger partial charge in [-0.1, -0.05) is 12.1 Å². The van der Waals surface area contributed by atoms with Crippen molar-refractivity contribution >= 4 is 12.4 Å². The molecular formula is C14H22ClFN2O. The molecule has 5 heteroatoms. The summed E-state index contributed by atoms with van der Waals surface area (Å²) in [6.45, 7) is 5.90. The van der Waals surface area contributed by atoms with Crippen molar-refractivity contribution in [2.24, 2.45) is 0 Å². The molecular weight excluding hydrogens is 267 g/mol. The molecule has 0 unspecified atom stereocenters. The van der Waals surface area contributed by atoms with E-state index in [0.29, 0.717) is 6.61 Å². The highest BCUT2D eigenvalue weighted by Gasteiger charge is 2.22. The highest BCUT2D eigenvalue weighted by Crippen LogP contribution is 2.25. The first-order valence-corrected chi connectivity index (χ1v) is 6.58. The summed E-state index contributed by atoms with van der Waals surface area (Å²) in [5.74, 6) is 0.823. The number of piperazine rings is 1. The molecule has 0 bridgehead atoms. The number of benzene rings is 1. The van der Waals surface area contributed by atoms with Crippen LogP contribution in [0.3, 0.4) is 0 Å². The van der Waals surface area contributed by atoms with E-state index < -0.39 is 0 Å². The average molecular weight is 289 g/mol. The minimum Gasteiger partial charge on any atom is -0.494 e. The van der Waals surface area contributed by atoms with Gasteiger partial charge in [0.25, 0.3) is 0 Å². The van der Waals surface area contributed by atoms with Gasteiger partial charge in [-0.2, -0.15) is 0 Å². The quantitative estimate of drug-likeness (QED) is 0.901. The molecule has 0 saturated carbocycles. The van der Waals surface area contributed by atoms with Crippen LogP contribution in [-0.2, 0) is 0 Å². The summed E-state index contributed by atoms with van der Waals surface area (Å²) in [5, 5.41) is 3.29. The van der Waals surface area contributed by atoms with Gasteiger partial charge in [-0.05, 0) is 24.6 Å². The summed E-state index contributed by atoms with van der Waals surface area (Å²) in [6.07, 6.45) is 0. The van der Waals surface area contributed by atoms with Crippen molar-refractivity contribution in [1.82, 2.24) is 10.2 Å². The number of halogens is 2. The smallest absolute Gasteiger partial charge is 0.119 e. The molecule has 19 heavy (non-hydrogen) atoms. The van der Waals surface area contributed by atoms with Gasteiger partial charge in [-0.25, -0.2) is 4.39 Å². The van der Waals surface area contributed by atoms with E-state index in [1.54, 1.807) is 0 Å². The van der Waals surface area contributed by atoms with Crippen LogP contribution in [0.1, 0.15) is 18.5 Å². The SMILES string of the molecule is CCOc1cccc([C@@H](CF)N2CCNCC2)c1.Cl. The summed E-state index contributed by atoms with van der Waals surface area (Å²) < 4.78 is 18.8. The third kappa shape index (κ3) is 4.34. The van der Waals surface area contributed by atoms with Gasteiger partial charge < -0.3 is 10.1 Å². The Morgan fingerprint density at radius 2 is 2.11 bits per heavy atom. The molecule has 1 N–H and O–H groups in total. The van der Waals surface area contributed by atoms with E-state index in [1.165, 1.54) is 0 Å². The zero-order chi connectivity index (χ0) is 12.8. The van der Waals surface area contributed by atoms with Gasteiger partial charge in [0.05, 0.1) is 12.6 Å². The lowest BCUT2D eigenvalue weighted by Gasteiger charge is -2.33. The molecule has 3 nitrogen and oxygen atoms in total. The Bertz CT molecular complexity index is 372. The molecule has 1 aliphatic heterocycles. The summed E-state index contributed by atoms with van der Waals surface area (Å²) >= 11 is 0. The number of hydrogen-bond donors (Lipinski definition) is 1. The zero-order valence-corrected chi connectivity index (χ0v) is 12.1. The van der Waals surface area contributed by atoms with E-state index in [0.717, 1.165) is 37.5 Å². The van der Waals surface area contributed by atoms with E-state index in [9.17, 15) is 4.39 Å². The van der Waals surface area contributed by atoms with Crippen LogP contribution in [0.2, 0.25) is 0 Å². The van der Waals surface area contributed by atoms with Crippen LogP contribution in [0.4, 0.5) is 4.39 Å². The van der Waals surface area contributed by atoms with Crippen molar-refractivity contribution in [3.63, 3.8) is 0 Å². The lowest BCUT2D eigenvalue weighted by atomic mass is 10.1. The first-order valence-electron chi connectivity index (χ1n) is 6.58. The molecule has 0 spiro atoms. The van der Waals surface area contributed by atoms with Crippen LogP contribution in [0.15, 0.2) is 24.3 Å². The predicted molar refractivity (Wildman–Crippen MR) is 78.0 cm³/mol. The molecule has 2 rings (SSSR count). The summed E-state index contributed by atoms with van der Waals surface area (Å²) in [5.41, 5.74) is 1.00. The van der Waals surface area contributed by atoms with Gasteiger partial charge >= 0.3 is 0 Å². The van der Waals surface area contributed by atoms with Crippen LogP contribution >= 0.6 is 12.4 Å². The molecule has 1 aromatic carbocycles. The first kappa shape index (κ1) is 16.2. The van der Waals surface area contributed by atoms with Gasteiger partial charge in [0.2, 0.25) is 0 Å². The molecule has 1 heterocycles. The predicted octanol–water partition coefficient (Wildman–Crippen LogP) is 2.42. The second-order valence-electron chi connectivity index (χ2n) is 4.46. The number of hydrogen-bond acceptors (Lipinski definition) is 3. The van der Waals surface area contributed by atoms with E-state index in [-0.39, 0.29) is 25.1 Å². The third-order valence-electron chi connectivity index (χ3n) is 3.29. The molecule has 0 aromatic heterocycles. The first-order chi connectivity index (χ1) is 8.85.